The maximum atomic E-state index is 13.6. The fourth-order valence-corrected chi connectivity index (χ4v) is 10.4. The zero-order chi connectivity index (χ0) is 29.5. The van der Waals surface area contributed by atoms with Crippen LogP contribution in [0.15, 0.2) is 58.3 Å². The Bertz CT molecular complexity index is 1500. The number of rotatable bonds is 7. The highest BCUT2D eigenvalue weighted by molar-refractivity contribution is 7.89. The minimum absolute atomic E-state index is 0.154. The number of amides is 1. The third-order valence-corrected chi connectivity index (χ3v) is 12.9. The van der Waals surface area contributed by atoms with E-state index in [1.807, 2.05) is 13.8 Å². The molecule has 0 aliphatic carbocycles. The van der Waals surface area contributed by atoms with Crippen molar-refractivity contribution in [3.05, 3.63) is 53.6 Å². The minimum Gasteiger partial charge on any atom is -0.325 e. The molecule has 0 bridgehead atoms. The molecular formula is C29H39ClN4O5S2. The number of anilines is 1. The van der Waals surface area contributed by atoms with Crippen molar-refractivity contribution in [2.45, 2.75) is 67.7 Å². The van der Waals surface area contributed by atoms with E-state index in [-0.39, 0.29) is 27.7 Å². The van der Waals surface area contributed by atoms with E-state index < -0.39 is 25.6 Å². The van der Waals surface area contributed by atoms with Gasteiger partial charge in [0.15, 0.2) is 0 Å². The van der Waals surface area contributed by atoms with Gasteiger partial charge in [0.1, 0.15) is 0 Å². The number of halogens is 1. The molecule has 2 aromatic rings. The normalized spacial score (nSPS) is 22.1. The number of carbonyl (C=O) groups excluding carboxylic acids is 1. The predicted molar refractivity (Wildman–Crippen MR) is 160 cm³/mol. The largest absolute Gasteiger partial charge is 0.325 e. The predicted octanol–water partition coefficient (Wildman–Crippen LogP) is 4.41. The number of hydrogen-bond donors (Lipinski definition) is 1. The molecule has 9 nitrogen and oxygen atoms in total. The summed E-state index contributed by atoms with van der Waals surface area (Å²) in [7, 11) is -7.29. The van der Waals surface area contributed by atoms with Crippen LogP contribution in [0.25, 0.3) is 0 Å². The Morgan fingerprint density at radius 2 is 1.51 bits per heavy atom. The summed E-state index contributed by atoms with van der Waals surface area (Å²) in [6.45, 7) is 6.98. The van der Waals surface area contributed by atoms with Gasteiger partial charge in [-0.1, -0.05) is 30.2 Å². The molecule has 3 aliphatic rings. The highest BCUT2D eigenvalue weighted by atomic mass is 35.5. The molecule has 0 radical (unpaired) electrons. The van der Waals surface area contributed by atoms with E-state index in [9.17, 15) is 21.6 Å². The SMILES string of the molecule is CC1(C)CC2(CCN(CC(=O)Nc3cccc(S(=O)(=O)N4CCCCC4)c3)CC2)CN1S(=O)(=O)c1cccc(Cl)c1. The van der Waals surface area contributed by atoms with Crippen molar-refractivity contribution >= 4 is 43.2 Å². The summed E-state index contributed by atoms with van der Waals surface area (Å²) in [6.07, 6.45) is 5.08. The third-order valence-electron chi connectivity index (χ3n) is 8.70. The zero-order valence-corrected chi connectivity index (χ0v) is 26.1. The number of piperidine rings is 2. The lowest BCUT2D eigenvalue weighted by Gasteiger charge is -2.39. The Kier molecular flexibility index (Phi) is 8.59. The molecule has 0 saturated carbocycles. The zero-order valence-electron chi connectivity index (χ0n) is 23.7. The molecule has 0 unspecified atom stereocenters. The molecule has 3 fully saturated rings. The number of hydrogen-bond acceptors (Lipinski definition) is 6. The molecule has 41 heavy (non-hydrogen) atoms. The van der Waals surface area contributed by atoms with Crippen molar-refractivity contribution in [3.8, 4) is 0 Å². The summed E-state index contributed by atoms with van der Waals surface area (Å²) >= 11 is 6.09. The smallest absolute Gasteiger partial charge is 0.243 e. The first-order valence-electron chi connectivity index (χ1n) is 14.2. The fourth-order valence-electron chi connectivity index (χ4n) is 6.66. The Hall–Kier alpha value is -2.02. The second-order valence-corrected chi connectivity index (χ2v) is 16.5. The van der Waals surface area contributed by atoms with Crippen LogP contribution < -0.4 is 5.32 Å². The van der Waals surface area contributed by atoms with Crippen molar-refractivity contribution in [3.63, 3.8) is 0 Å². The first kappa shape index (κ1) is 30.4. The number of nitrogens with zero attached hydrogens (tertiary/aromatic N) is 3. The van der Waals surface area contributed by atoms with Crippen molar-refractivity contribution in [1.29, 1.82) is 0 Å². The van der Waals surface area contributed by atoms with Crippen molar-refractivity contribution in [2.24, 2.45) is 5.41 Å². The minimum atomic E-state index is -3.71. The van der Waals surface area contributed by atoms with Crippen LogP contribution in [0.3, 0.4) is 0 Å². The topological polar surface area (TPSA) is 107 Å². The van der Waals surface area contributed by atoms with Gasteiger partial charge < -0.3 is 5.32 Å². The molecule has 1 spiro atoms. The maximum absolute atomic E-state index is 13.6. The molecule has 0 atom stereocenters. The highest BCUT2D eigenvalue weighted by Crippen LogP contribution is 2.50. The summed E-state index contributed by atoms with van der Waals surface area (Å²) in [6, 6.07) is 12.9. The summed E-state index contributed by atoms with van der Waals surface area (Å²) in [5, 5.41) is 3.26. The van der Waals surface area contributed by atoms with Crippen molar-refractivity contribution < 1.29 is 21.6 Å². The summed E-state index contributed by atoms with van der Waals surface area (Å²) in [4.78, 5) is 15.4. The van der Waals surface area contributed by atoms with Crippen molar-refractivity contribution in [2.75, 3.05) is 44.6 Å². The Balaban J connectivity index is 1.19. The average molecular weight is 623 g/mol. The molecule has 2 aromatic carbocycles. The van der Waals surface area contributed by atoms with Gasteiger partial charge in [0.2, 0.25) is 26.0 Å². The standard InChI is InChI=1S/C29H39ClN4O5S2/c1-28(2)21-29(22-34(28)41(38,39)25-10-6-8-23(30)18-25)12-16-32(17-13-29)20-27(35)31-24-9-7-11-26(19-24)40(36,37)33-14-4-3-5-15-33/h6-11,18-19H,3-5,12-17,20-22H2,1-2H3,(H,31,35). The van der Waals surface area contributed by atoms with Gasteiger partial charge in [-0.25, -0.2) is 16.8 Å². The van der Waals surface area contributed by atoms with E-state index in [0.717, 1.165) is 38.5 Å². The number of nitrogens with one attached hydrogen (secondary N) is 1. The number of likely N-dealkylation sites (tertiary alicyclic amines) is 1. The van der Waals surface area contributed by atoms with Crippen LogP contribution in [-0.2, 0) is 24.8 Å². The molecule has 3 aliphatic heterocycles. The van der Waals surface area contributed by atoms with Gasteiger partial charge in [-0.2, -0.15) is 8.61 Å². The van der Waals surface area contributed by atoms with Crippen LogP contribution in [-0.4, -0.2) is 81.1 Å². The molecule has 0 aromatic heterocycles. The second kappa shape index (κ2) is 11.6. The van der Waals surface area contributed by atoms with Gasteiger partial charge in [-0.15, -0.1) is 0 Å². The molecule has 1 N–H and O–H groups in total. The lowest BCUT2D eigenvalue weighted by molar-refractivity contribution is -0.117. The van der Waals surface area contributed by atoms with E-state index in [2.05, 4.69) is 10.2 Å². The maximum Gasteiger partial charge on any atom is 0.243 e. The summed E-state index contributed by atoms with van der Waals surface area (Å²) < 4.78 is 56.3. The Morgan fingerprint density at radius 3 is 2.17 bits per heavy atom. The molecule has 12 heteroatoms. The second-order valence-electron chi connectivity index (χ2n) is 12.3. The molecular weight excluding hydrogens is 584 g/mol. The van der Waals surface area contributed by atoms with E-state index in [1.54, 1.807) is 40.7 Å². The third kappa shape index (κ3) is 6.50. The molecule has 224 valence electrons. The molecule has 5 rings (SSSR count). The first-order chi connectivity index (χ1) is 19.3. The van der Waals surface area contributed by atoms with Crippen LogP contribution in [0.1, 0.15) is 52.4 Å². The van der Waals surface area contributed by atoms with Crippen molar-refractivity contribution in [1.82, 2.24) is 13.5 Å². The highest BCUT2D eigenvalue weighted by Gasteiger charge is 2.53. The fraction of sp³-hybridized carbons (Fsp3) is 0.552. The van der Waals surface area contributed by atoms with Gasteiger partial charge in [-0.05, 0) is 101 Å². The number of carbonyl (C=O) groups is 1. The van der Waals surface area contributed by atoms with Gasteiger partial charge in [0.25, 0.3) is 0 Å². The monoisotopic (exact) mass is 622 g/mol. The van der Waals surface area contributed by atoms with Crippen LogP contribution in [0.5, 0.6) is 0 Å². The van der Waals surface area contributed by atoms with E-state index in [0.29, 0.717) is 43.4 Å². The van der Waals surface area contributed by atoms with Gasteiger partial charge in [0, 0.05) is 35.9 Å². The summed E-state index contributed by atoms with van der Waals surface area (Å²) in [5.74, 6) is -0.203. The molecule has 1 amide bonds. The van der Waals surface area contributed by atoms with E-state index >= 15 is 0 Å². The van der Waals surface area contributed by atoms with Crippen LogP contribution in [0, 0.1) is 5.41 Å². The Labute approximate surface area is 248 Å². The average Bonchev–Trinajstić information content (AvgIpc) is 3.21. The quantitative estimate of drug-likeness (QED) is 0.490. The molecule has 3 saturated heterocycles. The summed E-state index contributed by atoms with van der Waals surface area (Å²) in [5.41, 5.74) is -0.236. The lowest BCUT2D eigenvalue weighted by atomic mass is 9.74. The number of benzene rings is 2. The van der Waals surface area contributed by atoms with Gasteiger partial charge in [-0.3, -0.25) is 9.69 Å². The van der Waals surface area contributed by atoms with Gasteiger partial charge >= 0.3 is 0 Å². The van der Waals surface area contributed by atoms with E-state index in [4.69, 9.17) is 11.6 Å². The van der Waals surface area contributed by atoms with Crippen LogP contribution in [0.2, 0.25) is 5.02 Å². The Morgan fingerprint density at radius 1 is 0.878 bits per heavy atom. The van der Waals surface area contributed by atoms with Gasteiger partial charge in [0.05, 0.1) is 16.3 Å². The van der Waals surface area contributed by atoms with Crippen LogP contribution >= 0.6 is 11.6 Å². The number of sulfonamides is 2. The van der Waals surface area contributed by atoms with Crippen LogP contribution in [0.4, 0.5) is 5.69 Å². The van der Waals surface area contributed by atoms with E-state index in [1.165, 1.54) is 16.4 Å². The molecule has 3 heterocycles. The first-order valence-corrected chi connectivity index (χ1v) is 17.5. The lowest BCUT2D eigenvalue weighted by Crippen LogP contribution is -2.45.